The molecular weight excluding hydrogens is 865 g/mol. The van der Waals surface area contributed by atoms with Gasteiger partial charge < -0.3 is 14.5 Å². The third-order valence-corrected chi connectivity index (χ3v) is 15.2. The van der Waals surface area contributed by atoms with Crippen LogP contribution in [0.3, 0.4) is 0 Å². The van der Waals surface area contributed by atoms with Crippen LogP contribution in [0.25, 0.3) is 27.6 Å². The molecule has 5 nitrogen and oxygen atoms in total. The number of rotatable bonds is 9. The maximum atomic E-state index is 6.96. The van der Waals surface area contributed by atoms with Crippen molar-refractivity contribution < 1.29 is 4.74 Å². The summed E-state index contributed by atoms with van der Waals surface area (Å²) >= 11 is 0. The molecule has 0 bridgehead atoms. The number of pyridine rings is 1. The van der Waals surface area contributed by atoms with Gasteiger partial charge in [0, 0.05) is 51.3 Å². The number of aromatic nitrogens is 2. The molecule has 360 valence electrons. The van der Waals surface area contributed by atoms with Crippen molar-refractivity contribution in [3.8, 4) is 17.3 Å². The number of hydrogen-bond acceptors (Lipinski definition) is 4. The van der Waals surface area contributed by atoms with Gasteiger partial charge in [-0.3, -0.25) is 4.57 Å². The second kappa shape index (κ2) is 17.3. The van der Waals surface area contributed by atoms with Crippen LogP contribution in [0.15, 0.2) is 176 Å². The van der Waals surface area contributed by atoms with Crippen molar-refractivity contribution in [3.63, 3.8) is 0 Å². The minimum Gasteiger partial charge on any atom is -0.457 e. The van der Waals surface area contributed by atoms with Gasteiger partial charge in [0.15, 0.2) is 0 Å². The van der Waals surface area contributed by atoms with Crippen LogP contribution in [0.5, 0.6) is 11.5 Å². The minimum absolute atomic E-state index is 0.0138. The highest BCUT2D eigenvalue weighted by molar-refractivity contribution is 6.10. The first-order chi connectivity index (χ1) is 33.6. The zero-order valence-corrected chi connectivity index (χ0v) is 44.1. The van der Waals surface area contributed by atoms with E-state index in [4.69, 9.17) is 9.72 Å². The molecule has 10 rings (SSSR count). The average Bonchev–Trinajstić information content (AvgIpc) is 3.89. The van der Waals surface area contributed by atoms with Crippen LogP contribution in [0, 0.1) is 0 Å². The van der Waals surface area contributed by atoms with E-state index in [0.29, 0.717) is 6.67 Å². The SMILES string of the molecule is CC(C)(C)c1cc(N2CN(c3cccc(Oc4ccc5c6cc(C(C)(C)c7ccccc7)ccc6n(-c6cc(C(C)(C)C)ccn6)c5c4)c3)c3cc(C(C)(C)c4ccccc4)ccc32)cc(C(C)(C)C)c1. The van der Waals surface area contributed by atoms with E-state index in [1.54, 1.807) is 0 Å². The molecule has 0 N–H and O–H groups in total. The quantitative estimate of drug-likeness (QED) is 0.144. The van der Waals surface area contributed by atoms with Crippen molar-refractivity contribution in [2.24, 2.45) is 0 Å². The van der Waals surface area contributed by atoms with Crippen LogP contribution >= 0.6 is 0 Å². The number of benzene rings is 7. The van der Waals surface area contributed by atoms with Crippen LogP contribution < -0.4 is 14.5 Å². The van der Waals surface area contributed by atoms with E-state index < -0.39 is 0 Å². The molecule has 0 radical (unpaired) electrons. The Morgan fingerprint density at radius 3 is 1.58 bits per heavy atom. The first-order valence-electron chi connectivity index (χ1n) is 25.4. The van der Waals surface area contributed by atoms with Gasteiger partial charge in [0.1, 0.15) is 24.0 Å². The van der Waals surface area contributed by atoms with E-state index in [-0.39, 0.29) is 27.1 Å². The summed E-state index contributed by atoms with van der Waals surface area (Å²) in [6, 6.07) is 62.4. The van der Waals surface area contributed by atoms with Crippen LogP contribution in [0.4, 0.5) is 22.7 Å². The molecule has 0 fully saturated rings. The van der Waals surface area contributed by atoms with Crippen LogP contribution in [-0.2, 0) is 27.1 Å². The van der Waals surface area contributed by atoms with E-state index in [9.17, 15) is 0 Å². The standard InChI is InChI=1S/C66H70N4O/c1-62(2,3)46-33-34-67-61(40-46)70-57-31-27-47(65(10,11)44-21-16-14-17-22-44)38-56(57)55-30-29-54(42-59(55)70)71-53-26-20-25-51(41-53)68-43-69(52-36-49(63(4,5)6)35-50(37-52)64(7,8)9)58-32-28-48(39-60(58)68)66(12,13)45-23-18-15-19-24-45/h14-42H,43H2,1-13H3. The lowest BCUT2D eigenvalue weighted by atomic mass is 9.78. The number of anilines is 4. The molecule has 1 aliphatic rings. The van der Waals surface area contributed by atoms with E-state index >= 15 is 0 Å². The maximum absolute atomic E-state index is 6.96. The lowest BCUT2D eigenvalue weighted by Gasteiger charge is -2.29. The van der Waals surface area contributed by atoms with Crippen LogP contribution in [0.1, 0.15) is 129 Å². The smallest absolute Gasteiger partial charge is 0.137 e. The van der Waals surface area contributed by atoms with Gasteiger partial charge in [0.25, 0.3) is 0 Å². The van der Waals surface area contributed by atoms with Crippen LogP contribution in [0.2, 0.25) is 0 Å². The molecule has 0 spiro atoms. The van der Waals surface area contributed by atoms with E-state index in [1.165, 1.54) is 61.4 Å². The lowest BCUT2D eigenvalue weighted by Crippen LogP contribution is -2.25. The Kier molecular flexibility index (Phi) is 11.6. The molecule has 0 atom stereocenters. The van der Waals surface area contributed by atoms with E-state index in [0.717, 1.165) is 39.4 Å². The first kappa shape index (κ1) is 47.6. The highest BCUT2D eigenvalue weighted by Crippen LogP contribution is 2.49. The highest BCUT2D eigenvalue weighted by Gasteiger charge is 2.34. The third kappa shape index (κ3) is 8.90. The fraction of sp³-hybridized carbons (Fsp3) is 0.288. The molecule has 5 heteroatoms. The Morgan fingerprint density at radius 2 is 0.958 bits per heavy atom. The lowest BCUT2D eigenvalue weighted by molar-refractivity contribution is 0.483. The number of ether oxygens (including phenoxy) is 1. The fourth-order valence-corrected chi connectivity index (χ4v) is 10.3. The molecule has 0 amide bonds. The summed E-state index contributed by atoms with van der Waals surface area (Å²) in [5, 5.41) is 2.34. The molecule has 2 aromatic heterocycles. The number of nitrogens with zero attached hydrogens (tertiary/aromatic N) is 4. The molecule has 9 aromatic rings. The largest absolute Gasteiger partial charge is 0.457 e. The van der Waals surface area contributed by atoms with Crippen molar-refractivity contribution >= 4 is 44.6 Å². The zero-order chi connectivity index (χ0) is 50.3. The molecular formula is C66H70N4O. The topological polar surface area (TPSA) is 33.5 Å². The summed E-state index contributed by atoms with van der Waals surface area (Å²) in [5.41, 5.74) is 15.3. The summed E-state index contributed by atoms with van der Waals surface area (Å²) in [7, 11) is 0. The van der Waals surface area contributed by atoms with Crippen LogP contribution in [-0.4, -0.2) is 16.2 Å². The Bertz CT molecular complexity index is 3400. The van der Waals surface area contributed by atoms with Crippen molar-refractivity contribution in [1.82, 2.24) is 9.55 Å². The third-order valence-electron chi connectivity index (χ3n) is 15.2. The Balaban J connectivity index is 1.07. The molecule has 1 aliphatic heterocycles. The first-order valence-corrected chi connectivity index (χ1v) is 25.4. The molecule has 7 aromatic carbocycles. The van der Waals surface area contributed by atoms with Crippen molar-refractivity contribution in [1.29, 1.82) is 0 Å². The molecule has 0 saturated carbocycles. The van der Waals surface area contributed by atoms with Gasteiger partial charge in [0.2, 0.25) is 0 Å². The molecule has 0 aliphatic carbocycles. The molecule has 0 unspecified atom stereocenters. The fourth-order valence-electron chi connectivity index (χ4n) is 10.3. The van der Waals surface area contributed by atoms with Crippen molar-refractivity contribution in [3.05, 3.63) is 215 Å². The van der Waals surface area contributed by atoms with E-state index in [2.05, 4.69) is 274 Å². The summed E-state index contributed by atoms with van der Waals surface area (Å²) < 4.78 is 9.27. The van der Waals surface area contributed by atoms with Crippen molar-refractivity contribution in [2.75, 3.05) is 16.5 Å². The maximum Gasteiger partial charge on any atom is 0.137 e. The average molecular weight is 935 g/mol. The van der Waals surface area contributed by atoms with Gasteiger partial charge in [-0.05, 0) is 128 Å². The molecule has 71 heavy (non-hydrogen) atoms. The summed E-state index contributed by atoms with van der Waals surface area (Å²) in [5.74, 6) is 2.43. The predicted octanol–water partition coefficient (Wildman–Crippen LogP) is 17.8. The van der Waals surface area contributed by atoms with Gasteiger partial charge in [-0.2, -0.15) is 0 Å². The zero-order valence-electron chi connectivity index (χ0n) is 44.1. The Hall–Kier alpha value is -7.11. The Morgan fingerprint density at radius 1 is 0.380 bits per heavy atom. The monoisotopic (exact) mass is 935 g/mol. The predicted molar refractivity (Wildman–Crippen MR) is 300 cm³/mol. The van der Waals surface area contributed by atoms with E-state index in [1.807, 2.05) is 6.20 Å². The second-order valence-electron chi connectivity index (χ2n) is 24.0. The minimum atomic E-state index is -0.212. The number of hydrogen-bond donors (Lipinski definition) is 0. The van der Waals surface area contributed by atoms with Gasteiger partial charge >= 0.3 is 0 Å². The normalized spacial score (nSPS) is 13.6. The van der Waals surface area contributed by atoms with Crippen molar-refractivity contribution in [2.45, 2.75) is 117 Å². The van der Waals surface area contributed by atoms with Gasteiger partial charge in [-0.15, -0.1) is 0 Å². The second-order valence-corrected chi connectivity index (χ2v) is 24.0. The summed E-state index contributed by atoms with van der Waals surface area (Å²) in [6.45, 7) is 30.6. The molecule has 0 saturated heterocycles. The van der Waals surface area contributed by atoms with Gasteiger partial charge in [0.05, 0.1) is 22.4 Å². The van der Waals surface area contributed by atoms with Gasteiger partial charge in [-0.25, -0.2) is 4.98 Å². The summed E-state index contributed by atoms with van der Waals surface area (Å²) in [4.78, 5) is 9.96. The van der Waals surface area contributed by atoms with Gasteiger partial charge in [-0.1, -0.05) is 175 Å². The molecule has 3 heterocycles. The highest BCUT2D eigenvalue weighted by atomic mass is 16.5. The summed E-state index contributed by atoms with van der Waals surface area (Å²) in [6.07, 6.45) is 1.94. The Labute approximate surface area is 422 Å². The number of fused-ring (bicyclic) bond motifs is 4.